The van der Waals surface area contributed by atoms with Gasteiger partial charge in [-0.25, -0.2) is 0 Å². The molecule has 0 saturated heterocycles. The molecular formula is C7H7NO3S. The van der Waals surface area contributed by atoms with E-state index < -0.39 is 0 Å². The van der Waals surface area contributed by atoms with Crippen LogP contribution < -0.4 is 15.2 Å². The molecule has 0 aromatic carbocycles. The maximum absolute atomic E-state index is 11.0. The lowest BCUT2D eigenvalue weighted by atomic mass is 10.3. The monoisotopic (exact) mass is 185 g/mol. The summed E-state index contributed by atoms with van der Waals surface area (Å²) < 4.78 is 10.2. The number of nitrogen functional groups attached to an aromatic ring is 1. The molecule has 4 nitrogen and oxygen atoms in total. The van der Waals surface area contributed by atoms with E-state index in [2.05, 4.69) is 0 Å². The lowest BCUT2D eigenvalue weighted by Gasteiger charge is -1.93. The molecular weight excluding hydrogens is 178 g/mol. The molecule has 1 aromatic heterocycles. The summed E-state index contributed by atoms with van der Waals surface area (Å²) in [5.74, 6) is 0.980. The van der Waals surface area contributed by atoms with Crippen molar-refractivity contribution in [1.82, 2.24) is 0 Å². The van der Waals surface area contributed by atoms with Gasteiger partial charge in [0.15, 0.2) is 11.5 Å². The van der Waals surface area contributed by atoms with Crippen LogP contribution in [0.2, 0.25) is 0 Å². The molecule has 64 valence electrons. The van der Waals surface area contributed by atoms with Crippen LogP contribution in [0, 0.1) is 0 Å². The molecule has 2 rings (SSSR count). The minimum Gasteiger partial charge on any atom is -0.452 e. The fraction of sp³-hybridized carbons (Fsp3) is 0.286. The Labute approximate surface area is 72.9 Å². The Morgan fingerprint density at radius 2 is 2.17 bits per heavy atom. The molecule has 0 aliphatic carbocycles. The topological polar surface area (TPSA) is 61.6 Å². The number of ketones is 1. The summed E-state index contributed by atoms with van der Waals surface area (Å²) in [6, 6.07) is 0. The van der Waals surface area contributed by atoms with E-state index in [-0.39, 0.29) is 12.6 Å². The lowest BCUT2D eigenvalue weighted by Crippen LogP contribution is -1.97. The highest BCUT2D eigenvalue weighted by Crippen LogP contribution is 2.47. The summed E-state index contributed by atoms with van der Waals surface area (Å²) >= 11 is 1.20. The van der Waals surface area contributed by atoms with Gasteiger partial charge in [-0.1, -0.05) is 0 Å². The Hall–Kier alpha value is -1.23. The van der Waals surface area contributed by atoms with Crippen LogP contribution in [0.4, 0.5) is 5.00 Å². The van der Waals surface area contributed by atoms with Crippen molar-refractivity contribution in [2.75, 3.05) is 12.5 Å². The number of anilines is 1. The quantitative estimate of drug-likeness (QED) is 0.669. The Balaban J connectivity index is 2.58. The number of hydrogen-bond donors (Lipinski definition) is 1. The van der Waals surface area contributed by atoms with Crippen LogP contribution in [0.25, 0.3) is 0 Å². The minimum absolute atomic E-state index is 0.0431. The molecule has 2 heterocycles. The highest BCUT2D eigenvalue weighted by atomic mass is 32.1. The van der Waals surface area contributed by atoms with Gasteiger partial charge in [-0.15, -0.1) is 11.3 Å². The molecule has 0 unspecified atom stereocenters. The molecule has 0 bridgehead atoms. The standard InChI is InChI=1S/C7H7NO3S/c1-3(9)6-4-5(7(8)12-6)11-2-10-4/h2,8H2,1H3. The zero-order chi connectivity index (χ0) is 8.72. The smallest absolute Gasteiger partial charge is 0.231 e. The molecule has 1 aliphatic heterocycles. The first-order chi connectivity index (χ1) is 5.70. The second-order valence-electron chi connectivity index (χ2n) is 2.42. The molecule has 2 N–H and O–H groups in total. The number of thiophene rings is 1. The molecule has 1 aliphatic rings. The number of hydrogen-bond acceptors (Lipinski definition) is 5. The van der Waals surface area contributed by atoms with Crippen molar-refractivity contribution in [2.45, 2.75) is 6.92 Å². The Kier molecular flexibility index (Phi) is 1.47. The highest BCUT2D eigenvalue weighted by molar-refractivity contribution is 7.18. The van der Waals surface area contributed by atoms with Crippen LogP contribution in [-0.4, -0.2) is 12.6 Å². The van der Waals surface area contributed by atoms with Gasteiger partial charge in [0.25, 0.3) is 0 Å². The maximum Gasteiger partial charge on any atom is 0.231 e. The summed E-state index contributed by atoms with van der Waals surface area (Å²) in [6.45, 7) is 1.63. The molecule has 5 heteroatoms. The predicted octanol–water partition coefficient (Wildman–Crippen LogP) is 1.26. The van der Waals surface area contributed by atoms with E-state index >= 15 is 0 Å². The van der Waals surface area contributed by atoms with Crippen LogP contribution in [0.15, 0.2) is 0 Å². The van der Waals surface area contributed by atoms with Gasteiger partial charge in [-0.05, 0) is 0 Å². The van der Waals surface area contributed by atoms with Crippen LogP contribution in [0.5, 0.6) is 11.5 Å². The summed E-state index contributed by atoms with van der Waals surface area (Å²) in [4.78, 5) is 11.6. The average Bonchev–Trinajstić information content (AvgIpc) is 2.53. The SMILES string of the molecule is CC(=O)c1sc(N)c2c1OCO2. The van der Waals surface area contributed by atoms with E-state index in [0.29, 0.717) is 21.4 Å². The van der Waals surface area contributed by atoms with E-state index in [1.807, 2.05) is 0 Å². The van der Waals surface area contributed by atoms with Crippen molar-refractivity contribution >= 4 is 22.1 Å². The summed E-state index contributed by atoms with van der Waals surface area (Å²) in [6.07, 6.45) is 0. The zero-order valence-corrected chi connectivity index (χ0v) is 7.23. The van der Waals surface area contributed by atoms with Gasteiger partial charge >= 0.3 is 0 Å². The molecule has 0 saturated carbocycles. The number of carbonyl (C=O) groups is 1. The van der Waals surface area contributed by atoms with Gasteiger partial charge < -0.3 is 15.2 Å². The third kappa shape index (κ3) is 0.863. The van der Waals surface area contributed by atoms with Gasteiger partial charge in [-0.3, -0.25) is 4.79 Å². The van der Waals surface area contributed by atoms with Gasteiger partial charge in [0.05, 0.1) is 0 Å². The van der Waals surface area contributed by atoms with E-state index in [4.69, 9.17) is 15.2 Å². The van der Waals surface area contributed by atoms with Crippen LogP contribution >= 0.6 is 11.3 Å². The van der Waals surface area contributed by atoms with Crippen LogP contribution in [0.1, 0.15) is 16.6 Å². The third-order valence-corrected chi connectivity index (χ3v) is 2.66. The first-order valence-electron chi connectivity index (χ1n) is 3.39. The van der Waals surface area contributed by atoms with Gasteiger partial charge in [0, 0.05) is 6.92 Å². The average molecular weight is 185 g/mol. The predicted molar refractivity (Wildman–Crippen MR) is 44.9 cm³/mol. The minimum atomic E-state index is -0.0431. The molecule has 0 spiro atoms. The van der Waals surface area contributed by atoms with Crippen molar-refractivity contribution in [2.24, 2.45) is 0 Å². The fourth-order valence-electron chi connectivity index (χ4n) is 1.06. The first-order valence-corrected chi connectivity index (χ1v) is 4.20. The molecule has 12 heavy (non-hydrogen) atoms. The fourth-order valence-corrected chi connectivity index (χ4v) is 1.92. The number of nitrogens with two attached hydrogens (primary N) is 1. The maximum atomic E-state index is 11.0. The third-order valence-electron chi connectivity index (χ3n) is 1.57. The summed E-state index contributed by atoms with van der Waals surface area (Å²) in [5, 5.41) is 0.507. The molecule has 0 amide bonds. The highest BCUT2D eigenvalue weighted by Gasteiger charge is 2.26. The van der Waals surface area contributed by atoms with Crippen molar-refractivity contribution in [1.29, 1.82) is 0 Å². The van der Waals surface area contributed by atoms with Crippen molar-refractivity contribution in [3.05, 3.63) is 4.88 Å². The summed E-state index contributed by atoms with van der Waals surface area (Å²) in [5.41, 5.74) is 5.59. The number of Topliss-reactive ketones (excluding diaryl/α,β-unsaturated/α-hetero) is 1. The lowest BCUT2D eigenvalue weighted by molar-refractivity contribution is 0.101. The number of carbonyl (C=O) groups excluding carboxylic acids is 1. The molecule has 0 radical (unpaired) electrons. The Morgan fingerprint density at radius 3 is 2.83 bits per heavy atom. The van der Waals surface area contributed by atoms with Crippen LogP contribution in [0.3, 0.4) is 0 Å². The van der Waals surface area contributed by atoms with E-state index in [1.54, 1.807) is 0 Å². The molecule has 1 aromatic rings. The Bertz CT molecular complexity index is 345. The second kappa shape index (κ2) is 2.38. The number of rotatable bonds is 1. The molecule has 0 fully saturated rings. The second-order valence-corrected chi connectivity index (χ2v) is 3.47. The summed E-state index contributed by atoms with van der Waals surface area (Å²) in [7, 11) is 0. The zero-order valence-electron chi connectivity index (χ0n) is 6.42. The van der Waals surface area contributed by atoms with Gasteiger partial charge in [-0.2, -0.15) is 0 Å². The van der Waals surface area contributed by atoms with Crippen LogP contribution in [-0.2, 0) is 0 Å². The molecule has 0 atom stereocenters. The van der Waals surface area contributed by atoms with Crippen molar-refractivity contribution < 1.29 is 14.3 Å². The van der Waals surface area contributed by atoms with E-state index in [9.17, 15) is 4.79 Å². The first kappa shape index (κ1) is 7.42. The van der Waals surface area contributed by atoms with Crippen molar-refractivity contribution in [3.63, 3.8) is 0 Å². The number of fused-ring (bicyclic) bond motifs is 1. The van der Waals surface area contributed by atoms with Crippen molar-refractivity contribution in [3.8, 4) is 11.5 Å². The van der Waals surface area contributed by atoms with Gasteiger partial charge in [0.1, 0.15) is 9.88 Å². The normalized spacial score (nSPS) is 13.4. The largest absolute Gasteiger partial charge is 0.452 e. The van der Waals surface area contributed by atoms with E-state index in [1.165, 1.54) is 18.3 Å². The Morgan fingerprint density at radius 1 is 1.50 bits per heavy atom. The number of ether oxygens (including phenoxy) is 2. The van der Waals surface area contributed by atoms with Gasteiger partial charge in [0.2, 0.25) is 12.5 Å². The van der Waals surface area contributed by atoms with E-state index in [0.717, 1.165) is 0 Å².